The molecule has 0 aromatic rings. The molecule has 1 atom stereocenters. The Balaban J connectivity index is 2.27. The van der Waals surface area contributed by atoms with Crippen LogP contribution in [0.3, 0.4) is 0 Å². The minimum atomic E-state index is -0.357. The first-order chi connectivity index (χ1) is 3.93. The highest BCUT2D eigenvalue weighted by Crippen LogP contribution is 2.09. The highest BCUT2D eigenvalue weighted by molar-refractivity contribution is 4.81. The molecule has 0 amide bonds. The Morgan fingerprint density at radius 1 is 1.75 bits per heavy atom. The molecule has 0 aliphatic carbocycles. The van der Waals surface area contributed by atoms with E-state index >= 15 is 0 Å². The lowest BCUT2D eigenvalue weighted by atomic mass is 10.2. The third-order valence-corrected chi connectivity index (χ3v) is 1.19. The van der Waals surface area contributed by atoms with E-state index in [2.05, 4.69) is 0 Å². The van der Waals surface area contributed by atoms with Gasteiger partial charge >= 0.3 is 0 Å². The van der Waals surface area contributed by atoms with Crippen molar-refractivity contribution in [2.45, 2.75) is 18.9 Å². The second kappa shape index (κ2) is 2.70. The lowest BCUT2D eigenvalue weighted by molar-refractivity contribution is 0.0975. The number of hydrogen-bond donors (Lipinski definition) is 0. The van der Waals surface area contributed by atoms with E-state index in [0.717, 1.165) is 12.8 Å². The van der Waals surface area contributed by atoms with E-state index in [1.807, 2.05) is 6.08 Å². The number of alkyl halides is 1. The van der Waals surface area contributed by atoms with Crippen molar-refractivity contribution in [2.75, 3.05) is 6.67 Å². The second-order valence-corrected chi connectivity index (χ2v) is 1.86. The van der Waals surface area contributed by atoms with Crippen LogP contribution in [0, 0.1) is 0 Å². The van der Waals surface area contributed by atoms with Crippen LogP contribution in [0.4, 0.5) is 4.39 Å². The summed E-state index contributed by atoms with van der Waals surface area (Å²) in [6.07, 6.45) is 5.10. The first-order valence-corrected chi connectivity index (χ1v) is 2.80. The quantitative estimate of drug-likeness (QED) is 0.506. The van der Waals surface area contributed by atoms with Crippen molar-refractivity contribution in [3.63, 3.8) is 0 Å². The summed E-state index contributed by atoms with van der Waals surface area (Å²) >= 11 is 0. The van der Waals surface area contributed by atoms with Gasteiger partial charge in [-0.2, -0.15) is 0 Å². The third kappa shape index (κ3) is 1.22. The summed E-state index contributed by atoms with van der Waals surface area (Å²) in [5.74, 6) is 0. The summed E-state index contributed by atoms with van der Waals surface area (Å²) in [6.45, 7) is -0.357. The van der Waals surface area contributed by atoms with Gasteiger partial charge in [0.05, 0.1) is 6.26 Å². The fraction of sp³-hybridized carbons (Fsp3) is 0.667. The predicted molar refractivity (Wildman–Crippen MR) is 29.2 cm³/mol. The zero-order chi connectivity index (χ0) is 5.82. The molecule has 0 fully saturated rings. The van der Waals surface area contributed by atoms with E-state index in [4.69, 9.17) is 4.74 Å². The highest BCUT2D eigenvalue weighted by Gasteiger charge is 2.08. The minimum Gasteiger partial charge on any atom is -0.496 e. The molecule has 0 bridgehead atoms. The van der Waals surface area contributed by atoms with E-state index in [9.17, 15) is 4.39 Å². The van der Waals surface area contributed by atoms with Crippen LogP contribution in [-0.4, -0.2) is 12.8 Å². The molecule has 0 saturated heterocycles. The van der Waals surface area contributed by atoms with Gasteiger partial charge in [0.2, 0.25) is 0 Å². The fourth-order valence-electron chi connectivity index (χ4n) is 0.698. The molecule has 2 heteroatoms. The summed E-state index contributed by atoms with van der Waals surface area (Å²) in [5.41, 5.74) is 0. The molecular weight excluding hydrogens is 107 g/mol. The van der Waals surface area contributed by atoms with Gasteiger partial charge in [-0.15, -0.1) is 0 Å². The molecule has 1 heterocycles. The third-order valence-electron chi connectivity index (χ3n) is 1.19. The van der Waals surface area contributed by atoms with Crippen molar-refractivity contribution < 1.29 is 9.13 Å². The average molecular weight is 116 g/mol. The summed E-state index contributed by atoms with van der Waals surface area (Å²) in [4.78, 5) is 0. The maximum Gasteiger partial charge on any atom is 0.126 e. The number of ether oxygens (including phenoxy) is 1. The molecule has 46 valence electrons. The summed E-state index contributed by atoms with van der Waals surface area (Å²) < 4.78 is 16.6. The van der Waals surface area contributed by atoms with Gasteiger partial charge < -0.3 is 4.74 Å². The van der Waals surface area contributed by atoms with Crippen LogP contribution in [0.1, 0.15) is 12.8 Å². The lowest BCUT2D eigenvalue weighted by Gasteiger charge is -2.14. The van der Waals surface area contributed by atoms with Gasteiger partial charge in [0.15, 0.2) is 0 Å². The van der Waals surface area contributed by atoms with Crippen LogP contribution >= 0.6 is 0 Å². The molecule has 1 aliphatic rings. The number of halogens is 1. The van der Waals surface area contributed by atoms with Gasteiger partial charge in [0.1, 0.15) is 12.8 Å². The summed E-state index contributed by atoms with van der Waals surface area (Å²) in [6, 6.07) is 0. The molecule has 0 radical (unpaired) electrons. The Bertz CT molecular complexity index is 90.5. The average Bonchev–Trinajstić information content (AvgIpc) is 1.90. The topological polar surface area (TPSA) is 9.23 Å². The Kier molecular flexibility index (Phi) is 1.89. The normalized spacial score (nSPS) is 27.4. The van der Waals surface area contributed by atoms with Crippen molar-refractivity contribution >= 4 is 0 Å². The molecular formula is C6H9FO. The van der Waals surface area contributed by atoms with E-state index < -0.39 is 0 Å². The molecule has 0 saturated carbocycles. The van der Waals surface area contributed by atoms with Crippen LogP contribution in [0.15, 0.2) is 12.3 Å². The maximum absolute atomic E-state index is 11.7. The molecule has 1 unspecified atom stereocenters. The van der Waals surface area contributed by atoms with E-state index in [-0.39, 0.29) is 12.8 Å². The van der Waals surface area contributed by atoms with Crippen LogP contribution in [-0.2, 0) is 4.74 Å². The van der Waals surface area contributed by atoms with Crippen molar-refractivity contribution in [3.05, 3.63) is 12.3 Å². The van der Waals surface area contributed by atoms with Gasteiger partial charge in [-0.05, 0) is 18.9 Å². The molecule has 1 nitrogen and oxygen atoms in total. The van der Waals surface area contributed by atoms with Crippen LogP contribution < -0.4 is 0 Å². The smallest absolute Gasteiger partial charge is 0.126 e. The summed E-state index contributed by atoms with van der Waals surface area (Å²) in [5, 5.41) is 0. The molecule has 1 aliphatic heterocycles. The second-order valence-electron chi connectivity index (χ2n) is 1.86. The number of allylic oxidation sites excluding steroid dienone is 1. The van der Waals surface area contributed by atoms with Gasteiger partial charge in [0, 0.05) is 0 Å². The molecule has 0 N–H and O–H groups in total. The van der Waals surface area contributed by atoms with E-state index in [1.54, 1.807) is 6.26 Å². The zero-order valence-electron chi connectivity index (χ0n) is 4.64. The Labute approximate surface area is 48.1 Å². The summed E-state index contributed by atoms with van der Waals surface area (Å²) in [7, 11) is 0. The van der Waals surface area contributed by atoms with E-state index in [0.29, 0.717) is 0 Å². The van der Waals surface area contributed by atoms with Crippen molar-refractivity contribution in [1.29, 1.82) is 0 Å². The SMILES string of the molecule is FCC1CCC=CO1. The number of rotatable bonds is 1. The molecule has 0 aromatic carbocycles. The zero-order valence-corrected chi connectivity index (χ0v) is 4.64. The van der Waals surface area contributed by atoms with Gasteiger partial charge in [-0.1, -0.05) is 0 Å². The first-order valence-electron chi connectivity index (χ1n) is 2.80. The minimum absolute atomic E-state index is 0.167. The standard InChI is InChI=1S/C6H9FO/c7-5-6-3-1-2-4-8-6/h2,4,6H,1,3,5H2. The molecule has 8 heavy (non-hydrogen) atoms. The molecule has 1 rings (SSSR count). The van der Waals surface area contributed by atoms with E-state index in [1.165, 1.54) is 0 Å². The number of hydrogen-bond acceptors (Lipinski definition) is 1. The van der Waals surface area contributed by atoms with Gasteiger partial charge in [0.25, 0.3) is 0 Å². The largest absolute Gasteiger partial charge is 0.496 e. The first kappa shape index (κ1) is 5.60. The monoisotopic (exact) mass is 116 g/mol. The molecule has 0 aromatic heterocycles. The molecule has 0 spiro atoms. The Morgan fingerprint density at radius 3 is 3.00 bits per heavy atom. The van der Waals surface area contributed by atoms with Crippen LogP contribution in [0.25, 0.3) is 0 Å². The van der Waals surface area contributed by atoms with Gasteiger partial charge in [-0.25, -0.2) is 4.39 Å². The lowest BCUT2D eigenvalue weighted by Crippen LogP contribution is -2.13. The van der Waals surface area contributed by atoms with Crippen molar-refractivity contribution in [1.82, 2.24) is 0 Å². The maximum atomic E-state index is 11.7. The predicted octanol–water partition coefficient (Wildman–Crippen LogP) is 1.65. The fourth-order valence-corrected chi connectivity index (χ4v) is 0.698. The van der Waals surface area contributed by atoms with Crippen molar-refractivity contribution in [2.24, 2.45) is 0 Å². The van der Waals surface area contributed by atoms with Crippen LogP contribution in [0.5, 0.6) is 0 Å². The Hall–Kier alpha value is -0.530. The highest BCUT2D eigenvalue weighted by atomic mass is 19.1. The van der Waals surface area contributed by atoms with Crippen molar-refractivity contribution in [3.8, 4) is 0 Å². The Morgan fingerprint density at radius 2 is 2.62 bits per heavy atom. The van der Waals surface area contributed by atoms with Gasteiger partial charge in [-0.3, -0.25) is 0 Å². The van der Waals surface area contributed by atoms with Crippen LogP contribution in [0.2, 0.25) is 0 Å².